The molecule has 1 heterocycles. The standard InChI is InChI=1S/C16H14ClN5O2/c1-3-21(16-14(9-18)11(2)8-15(17)20-16)19-10-12-4-6-13(7-5-12)22(23)24/h4-8,10H,3H2,1-2H3/b19-10+. The van der Waals surface area contributed by atoms with Crippen LogP contribution in [-0.4, -0.2) is 22.7 Å². The second-order valence-corrected chi connectivity index (χ2v) is 5.27. The third-order valence-corrected chi connectivity index (χ3v) is 3.47. The summed E-state index contributed by atoms with van der Waals surface area (Å²) >= 11 is 5.98. The molecule has 0 spiro atoms. The van der Waals surface area contributed by atoms with Gasteiger partial charge in [0, 0.05) is 18.7 Å². The number of hydrazone groups is 1. The molecule has 1 aromatic carbocycles. The molecule has 2 rings (SSSR count). The van der Waals surface area contributed by atoms with Gasteiger partial charge in [0.05, 0.1) is 16.7 Å². The first-order chi connectivity index (χ1) is 11.5. The van der Waals surface area contributed by atoms with Crippen molar-refractivity contribution in [2.75, 3.05) is 11.6 Å². The summed E-state index contributed by atoms with van der Waals surface area (Å²) in [6.07, 6.45) is 1.55. The minimum atomic E-state index is -0.461. The highest BCUT2D eigenvalue weighted by atomic mass is 35.5. The van der Waals surface area contributed by atoms with Crippen molar-refractivity contribution in [2.45, 2.75) is 13.8 Å². The van der Waals surface area contributed by atoms with E-state index in [-0.39, 0.29) is 10.8 Å². The van der Waals surface area contributed by atoms with Gasteiger partial charge < -0.3 is 0 Å². The molecule has 0 aliphatic carbocycles. The number of aromatic nitrogens is 1. The number of non-ortho nitro benzene ring substituents is 1. The van der Waals surface area contributed by atoms with Gasteiger partial charge in [-0.1, -0.05) is 11.6 Å². The first-order valence-corrected chi connectivity index (χ1v) is 7.47. The van der Waals surface area contributed by atoms with Crippen LogP contribution in [0.15, 0.2) is 35.4 Å². The van der Waals surface area contributed by atoms with Crippen molar-refractivity contribution in [1.29, 1.82) is 5.26 Å². The molecule has 0 aliphatic rings. The van der Waals surface area contributed by atoms with Gasteiger partial charge in [0.1, 0.15) is 11.2 Å². The van der Waals surface area contributed by atoms with Gasteiger partial charge in [-0.3, -0.25) is 10.1 Å². The molecule has 0 radical (unpaired) electrons. The van der Waals surface area contributed by atoms with Gasteiger partial charge in [-0.15, -0.1) is 0 Å². The van der Waals surface area contributed by atoms with Gasteiger partial charge in [-0.25, -0.2) is 9.99 Å². The highest BCUT2D eigenvalue weighted by molar-refractivity contribution is 6.29. The van der Waals surface area contributed by atoms with Gasteiger partial charge in [-0.05, 0) is 43.2 Å². The van der Waals surface area contributed by atoms with Crippen LogP contribution in [0.1, 0.15) is 23.6 Å². The van der Waals surface area contributed by atoms with Crippen LogP contribution in [0.25, 0.3) is 0 Å². The van der Waals surface area contributed by atoms with E-state index in [2.05, 4.69) is 16.2 Å². The van der Waals surface area contributed by atoms with Crippen molar-refractivity contribution in [3.63, 3.8) is 0 Å². The molecular formula is C16H14ClN5O2. The van der Waals surface area contributed by atoms with Crippen molar-refractivity contribution in [3.8, 4) is 6.07 Å². The highest BCUT2D eigenvalue weighted by Gasteiger charge is 2.14. The number of nitro benzene ring substituents is 1. The molecule has 0 amide bonds. The normalized spacial score (nSPS) is 10.6. The maximum atomic E-state index is 10.7. The van der Waals surface area contributed by atoms with Gasteiger partial charge in [0.2, 0.25) is 0 Å². The van der Waals surface area contributed by atoms with Crippen LogP contribution in [0.2, 0.25) is 5.15 Å². The van der Waals surface area contributed by atoms with E-state index >= 15 is 0 Å². The molecule has 122 valence electrons. The van der Waals surface area contributed by atoms with Crippen molar-refractivity contribution in [3.05, 3.63) is 62.3 Å². The smallest absolute Gasteiger partial charge is 0.258 e. The number of anilines is 1. The van der Waals surface area contributed by atoms with Crippen LogP contribution in [0.3, 0.4) is 0 Å². The third-order valence-electron chi connectivity index (χ3n) is 3.27. The number of nitrogens with zero attached hydrogens (tertiary/aromatic N) is 5. The summed E-state index contributed by atoms with van der Waals surface area (Å²) in [5.41, 5.74) is 1.83. The van der Waals surface area contributed by atoms with E-state index in [1.165, 1.54) is 12.1 Å². The van der Waals surface area contributed by atoms with E-state index < -0.39 is 4.92 Å². The summed E-state index contributed by atoms with van der Waals surface area (Å²) in [6, 6.07) is 9.73. The second-order valence-electron chi connectivity index (χ2n) is 4.88. The fraction of sp³-hybridized carbons (Fsp3) is 0.188. The first-order valence-electron chi connectivity index (χ1n) is 7.09. The number of pyridine rings is 1. The molecule has 8 heteroatoms. The van der Waals surface area contributed by atoms with Gasteiger partial charge in [-0.2, -0.15) is 10.4 Å². The molecule has 0 saturated carbocycles. The van der Waals surface area contributed by atoms with Crippen LogP contribution in [0.5, 0.6) is 0 Å². The quantitative estimate of drug-likeness (QED) is 0.357. The lowest BCUT2D eigenvalue weighted by molar-refractivity contribution is -0.384. The predicted octanol–water partition coefficient (Wildman–Crippen LogP) is 3.68. The summed E-state index contributed by atoms with van der Waals surface area (Å²) in [6.45, 7) is 4.13. The van der Waals surface area contributed by atoms with Crippen molar-refractivity contribution < 1.29 is 4.92 Å². The Bertz CT molecular complexity index is 828. The first kappa shape index (κ1) is 17.4. The molecule has 0 fully saturated rings. The SMILES string of the molecule is CCN(/N=C/c1ccc([N+](=O)[O-])cc1)c1nc(Cl)cc(C)c1C#N. The molecule has 24 heavy (non-hydrogen) atoms. The number of rotatable bonds is 5. The number of nitriles is 1. The van der Waals surface area contributed by atoms with Crippen molar-refractivity contribution >= 4 is 29.3 Å². The number of halogens is 1. The fourth-order valence-corrected chi connectivity index (χ4v) is 2.29. The van der Waals surface area contributed by atoms with Crippen LogP contribution in [0.4, 0.5) is 11.5 Å². The number of benzene rings is 1. The average molecular weight is 344 g/mol. The zero-order valence-corrected chi connectivity index (χ0v) is 13.9. The lowest BCUT2D eigenvalue weighted by Crippen LogP contribution is -2.19. The lowest BCUT2D eigenvalue weighted by Gasteiger charge is -2.18. The topological polar surface area (TPSA) is 95.4 Å². The molecule has 0 saturated heterocycles. The largest absolute Gasteiger partial charge is 0.269 e. The highest BCUT2D eigenvalue weighted by Crippen LogP contribution is 2.24. The summed E-state index contributed by atoms with van der Waals surface area (Å²) < 4.78 is 0. The van der Waals surface area contributed by atoms with Gasteiger partial charge in [0.15, 0.2) is 5.82 Å². The Morgan fingerprint density at radius 1 is 1.46 bits per heavy atom. The molecule has 7 nitrogen and oxygen atoms in total. The van der Waals surface area contributed by atoms with Crippen molar-refractivity contribution in [2.24, 2.45) is 5.10 Å². The summed E-state index contributed by atoms with van der Waals surface area (Å²) in [4.78, 5) is 14.4. The zero-order valence-electron chi connectivity index (χ0n) is 13.1. The molecule has 0 bridgehead atoms. The van der Waals surface area contributed by atoms with Crippen molar-refractivity contribution in [1.82, 2.24) is 4.98 Å². The Labute approximate surface area is 144 Å². The lowest BCUT2D eigenvalue weighted by atomic mass is 10.1. The molecule has 0 unspecified atom stereocenters. The number of hydrogen-bond acceptors (Lipinski definition) is 6. The Hall–Kier alpha value is -2.98. The molecule has 1 aromatic heterocycles. The Balaban J connectivity index is 2.33. The third kappa shape index (κ3) is 3.86. The Kier molecular flexibility index (Phi) is 5.45. The van der Waals surface area contributed by atoms with Gasteiger partial charge in [0.25, 0.3) is 5.69 Å². The molecule has 0 atom stereocenters. The maximum absolute atomic E-state index is 10.7. The minimum absolute atomic E-state index is 0.0124. The van der Waals surface area contributed by atoms with Gasteiger partial charge >= 0.3 is 0 Å². The van der Waals surface area contributed by atoms with E-state index in [0.29, 0.717) is 23.5 Å². The zero-order chi connectivity index (χ0) is 17.7. The fourth-order valence-electron chi connectivity index (χ4n) is 2.05. The summed E-state index contributed by atoms with van der Waals surface area (Å²) in [5.74, 6) is 0.378. The van der Waals surface area contributed by atoms with Crippen LogP contribution in [-0.2, 0) is 0 Å². The number of aryl methyl sites for hydroxylation is 1. The van der Waals surface area contributed by atoms with E-state index in [1.54, 1.807) is 36.3 Å². The Morgan fingerprint density at radius 3 is 2.67 bits per heavy atom. The second kappa shape index (κ2) is 7.53. The summed E-state index contributed by atoms with van der Waals surface area (Å²) in [7, 11) is 0. The maximum Gasteiger partial charge on any atom is 0.269 e. The predicted molar refractivity (Wildman–Crippen MR) is 92.4 cm³/mol. The molecule has 0 aliphatic heterocycles. The molecule has 2 aromatic rings. The summed E-state index contributed by atoms with van der Waals surface area (Å²) in [5, 5.41) is 26.1. The minimum Gasteiger partial charge on any atom is -0.258 e. The van der Waals surface area contributed by atoms with E-state index in [1.807, 2.05) is 6.92 Å². The van der Waals surface area contributed by atoms with Crippen LogP contribution >= 0.6 is 11.6 Å². The molecule has 0 N–H and O–H groups in total. The van der Waals surface area contributed by atoms with Crippen LogP contribution in [0, 0.1) is 28.4 Å². The monoisotopic (exact) mass is 343 g/mol. The number of hydrogen-bond donors (Lipinski definition) is 0. The molecular weight excluding hydrogens is 330 g/mol. The number of nitro groups is 1. The van der Waals surface area contributed by atoms with E-state index in [0.717, 1.165) is 5.56 Å². The van der Waals surface area contributed by atoms with E-state index in [9.17, 15) is 15.4 Å². The van der Waals surface area contributed by atoms with Crippen LogP contribution < -0.4 is 5.01 Å². The Morgan fingerprint density at radius 2 is 2.12 bits per heavy atom. The average Bonchev–Trinajstić information content (AvgIpc) is 2.55. The van der Waals surface area contributed by atoms with E-state index in [4.69, 9.17) is 11.6 Å².